The number of anilines is 1. The summed E-state index contributed by atoms with van der Waals surface area (Å²) in [6, 6.07) is 5.54. The van der Waals surface area contributed by atoms with Gasteiger partial charge in [-0.15, -0.1) is 0 Å². The maximum Gasteiger partial charge on any atom is 0.262 e. The number of ether oxygens (including phenoxy) is 1. The molecule has 3 rings (SSSR count). The molecule has 1 aliphatic rings. The van der Waals surface area contributed by atoms with Gasteiger partial charge in [0.2, 0.25) is 0 Å². The van der Waals surface area contributed by atoms with Crippen molar-refractivity contribution in [2.75, 3.05) is 18.5 Å². The Bertz CT molecular complexity index is 645. The molecule has 1 saturated heterocycles. The number of aromatic nitrogens is 2. The van der Waals surface area contributed by atoms with Gasteiger partial charge in [0.1, 0.15) is 11.5 Å². The highest BCUT2D eigenvalue weighted by atomic mass is 16.5. The molecule has 1 atom stereocenters. The summed E-state index contributed by atoms with van der Waals surface area (Å²) in [5.41, 5.74) is 1.27. The van der Waals surface area contributed by atoms with E-state index in [1.165, 1.54) is 0 Å². The monoisotopic (exact) mass is 259 g/mol. The van der Waals surface area contributed by atoms with E-state index in [2.05, 4.69) is 10.3 Å². The number of nitrogens with one attached hydrogen (secondary N) is 1. The van der Waals surface area contributed by atoms with E-state index >= 15 is 0 Å². The minimum Gasteiger partial charge on any atom is -0.376 e. The van der Waals surface area contributed by atoms with Gasteiger partial charge in [0.25, 0.3) is 5.56 Å². The van der Waals surface area contributed by atoms with E-state index in [1.807, 2.05) is 18.2 Å². The van der Waals surface area contributed by atoms with E-state index in [0.717, 1.165) is 19.4 Å². The number of pyridine rings is 1. The third kappa shape index (κ3) is 2.33. The molecule has 0 amide bonds. The Balaban J connectivity index is 1.90. The molecule has 0 saturated carbocycles. The zero-order valence-electron chi connectivity index (χ0n) is 10.9. The lowest BCUT2D eigenvalue weighted by molar-refractivity contribution is 0.120. The summed E-state index contributed by atoms with van der Waals surface area (Å²) < 4.78 is 7.12. The van der Waals surface area contributed by atoms with Gasteiger partial charge in [-0.25, -0.2) is 4.98 Å². The van der Waals surface area contributed by atoms with Gasteiger partial charge in [0.15, 0.2) is 0 Å². The molecule has 0 aromatic carbocycles. The molecule has 100 valence electrons. The minimum absolute atomic E-state index is 0.0274. The van der Waals surface area contributed by atoms with E-state index < -0.39 is 0 Å². The molecule has 3 heterocycles. The number of hydrogen-bond donors (Lipinski definition) is 1. The minimum atomic E-state index is -0.0274. The van der Waals surface area contributed by atoms with Gasteiger partial charge in [-0.2, -0.15) is 0 Å². The van der Waals surface area contributed by atoms with E-state index in [-0.39, 0.29) is 11.7 Å². The Labute approximate surface area is 111 Å². The smallest absolute Gasteiger partial charge is 0.262 e. The molecule has 1 fully saturated rings. The van der Waals surface area contributed by atoms with E-state index in [0.29, 0.717) is 23.6 Å². The van der Waals surface area contributed by atoms with Crippen LogP contribution in [0.2, 0.25) is 0 Å². The quantitative estimate of drug-likeness (QED) is 0.909. The first-order valence-electron chi connectivity index (χ1n) is 6.59. The van der Waals surface area contributed by atoms with Crippen molar-refractivity contribution in [1.29, 1.82) is 0 Å². The molecule has 2 aromatic rings. The van der Waals surface area contributed by atoms with E-state index in [9.17, 15) is 4.79 Å². The normalized spacial score (nSPS) is 18.9. The molecule has 2 aromatic heterocycles. The molecule has 5 nitrogen and oxygen atoms in total. The first-order valence-corrected chi connectivity index (χ1v) is 6.59. The van der Waals surface area contributed by atoms with Crippen molar-refractivity contribution in [2.45, 2.75) is 25.9 Å². The summed E-state index contributed by atoms with van der Waals surface area (Å²) in [6.07, 6.45) is 4.15. The fourth-order valence-electron chi connectivity index (χ4n) is 2.37. The van der Waals surface area contributed by atoms with E-state index in [4.69, 9.17) is 4.74 Å². The van der Waals surface area contributed by atoms with Crippen LogP contribution in [0, 0.1) is 6.92 Å². The van der Waals surface area contributed by atoms with Crippen LogP contribution in [0.15, 0.2) is 29.2 Å². The third-order valence-electron chi connectivity index (χ3n) is 3.48. The van der Waals surface area contributed by atoms with Crippen LogP contribution in [-0.4, -0.2) is 28.6 Å². The van der Waals surface area contributed by atoms with Gasteiger partial charge < -0.3 is 10.1 Å². The molecule has 0 aliphatic carbocycles. The molecule has 0 radical (unpaired) electrons. The SMILES string of the molecule is Cc1c(NCC2CCCO2)nc2ccccn2c1=O. The molecule has 1 unspecified atom stereocenters. The third-order valence-corrected chi connectivity index (χ3v) is 3.48. The summed E-state index contributed by atoms with van der Waals surface area (Å²) in [7, 11) is 0. The highest BCUT2D eigenvalue weighted by Gasteiger charge is 2.16. The second kappa shape index (κ2) is 5.01. The summed E-state index contributed by atoms with van der Waals surface area (Å²) in [4.78, 5) is 16.7. The Kier molecular flexibility index (Phi) is 3.21. The van der Waals surface area contributed by atoms with Crippen molar-refractivity contribution in [3.8, 4) is 0 Å². The molecule has 19 heavy (non-hydrogen) atoms. The van der Waals surface area contributed by atoms with Crippen LogP contribution in [0.1, 0.15) is 18.4 Å². The predicted octanol–water partition coefficient (Wildman–Crippen LogP) is 1.59. The van der Waals surface area contributed by atoms with Gasteiger partial charge in [-0.05, 0) is 31.9 Å². The Morgan fingerprint density at radius 2 is 2.42 bits per heavy atom. The molecule has 0 spiro atoms. The number of fused-ring (bicyclic) bond motifs is 1. The number of nitrogens with zero attached hydrogens (tertiary/aromatic N) is 2. The Morgan fingerprint density at radius 1 is 1.53 bits per heavy atom. The number of hydrogen-bond acceptors (Lipinski definition) is 4. The Morgan fingerprint density at radius 3 is 3.21 bits per heavy atom. The molecule has 1 N–H and O–H groups in total. The average molecular weight is 259 g/mol. The van der Waals surface area contributed by atoms with Crippen LogP contribution >= 0.6 is 0 Å². The lowest BCUT2D eigenvalue weighted by Crippen LogP contribution is -2.24. The van der Waals surface area contributed by atoms with Crippen LogP contribution in [0.5, 0.6) is 0 Å². The van der Waals surface area contributed by atoms with Gasteiger partial charge in [0, 0.05) is 19.3 Å². The first-order chi connectivity index (χ1) is 9.25. The van der Waals surface area contributed by atoms with Crippen molar-refractivity contribution in [2.24, 2.45) is 0 Å². The van der Waals surface area contributed by atoms with Crippen LogP contribution in [0.4, 0.5) is 5.82 Å². The first kappa shape index (κ1) is 12.2. The lowest BCUT2D eigenvalue weighted by atomic mass is 10.2. The second-order valence-corrected chi connectivity index (χ2v) is 4.84. The standard InChI is InChI=1S/C14H17N3O2/c1-10-13(15-9-11-5-4-8-19-11)16-12-6-2-3-7-17(12)14(10)18/h2-3,6-7,11,15H,4-5,8-9H2,1H3. The van der Waals surface area contributed by atoms with Crippen LogP contribution in [-0.2, 0) is 4.74 Å². The summed E-state index contributed by atoms with van der Waals surface area (Å²) >= 11 is 0. The van der Waals surface area contributed by atoms with Crippen LogP contribution in [0.3, 0.4) is 0 Å². The fraction of sp³-hybridized carbons (Fsp3) is 0.429. The van der Waals surface area contributed by atoms with Gasteiger partial charge in [-0.3, -0.25) is 9.20 Å². The second-order valence-electron chi connectivity index (χ2n) is 4.84. The highest BCUT2D eigenvalue weighted by molar-refractivity contribution is 5.51. The lowest BCUT2D eigenvalue weighted by Gasteiger charge is -2.13. The Hall–Kier alpha value is -1.88. The van der Waals surface area contributed by atoms with Crippen molar-refractivity contribution >= 4 is 11.5 Å². The molecular weight excluding hydrogens is 242 g/mol. The molecular formula is C14H17N3O2. The molecule has 5 heteroatoms. The zero-order chi connectivity index (χ0) is 13.2. The maximum atomic E-state index is 12.2. The molecule has 0 bridgehead atoms. The zero-order valence-corrected chi connectivity index (χ0v) is 10.9. The fourth-order valence-corrected chi connectivity index (χ4v) is 2.37. The van der Waals surface area contributed by atoms with Crippen molar-refractivity contribution in [3.63, 3.8) is 0 Å². The van der Waals surface area contributed by atoms with Gasteiger partial charge in [0.05, 0.1) is 11.7 Å². The largest absolute Gasteiger partial charge is 0.376 e. The molecule has 1 aliphatic heterocycles. The van der Waals surface area contributed by atoms with Crippen molar-refractivity contribution < 1.29 is 4.74 Å². The van der Waals surface area contributed by atoms with Crippen LogP contribution < -0.4 is 10.9 Å². The number of rotatable bonds is 3. The van der Waals surface area contributed by atoms with Crippen molar-refractivity contribution in [1.82, 2.24) is 9.38 Å². The predicted molar refractivity (Wildman–Crippen MR) is 73.7 cm³/mol. The van der Waals surface area contributed by atoms with Crippen LogP contribution in [0.25, 0.3) is 5.65 Å². The summed E-state index contributed by atoms with van der Waals surface area (Å²) in [5, 5.41) is 3.24. The summed E-state index contributed by atoms with van der Waals surface area (Å²) in [6.45, 7) is 3.34. The van der Waals surface area contributed by atoms with Crippen molar-refractivity contribution in [3.05, 3.63) is 40.3 Å². The maximum absolute atomic E-state index is 12.2. The average Bonchev–Trinajstić information content (AvgIpc) is 2.94. The van der Waals surface area contributed by atoms with Gasteiger partial charge in [-0.1, -0.05) is 6.07 Å². The van der Waals surface area contributed by atoms with Gasteiger partial charge >= 0.3 is 0 Å². The highest BCUT2D eigenvalue weighted by Crippen LogP contribution is 2.14. The van der Waals surface area contributed by atoms with E-state index in [1.54, 1.807) is 17.5 Å². The summed E-state index contributed by atoms with van der Waals surface area (Å²) in [5.74, 6) is 0.659. The topological polar surface area (TPSA) is 55.6 Å².